The first-order valence-corrected chi connectivity index (χ1v) is 24.7. The number of H-pyrrole nitrogens is 1. The Morgan fingerprint density at radius 3 is 2.42 bits per heavy atom. The number of piperidine rings is 1. The minimum Gasteiger partial charge on any atom is -0.496 e. The summed E-state index contributed by atoms with van der Waals surface area (Å²) in [5.41, 5.74) is -2.03. The van der Waals surface area contributed by atoms with Gasteiger partial charge in [-0.05, 0) is 98.5 Å². The van der Waals surface area contributed by atoms with Gasteiger partial charge in [-0.2, -0.15) is 0 Å². The van der Waals surface area contributed by atoms with Crippen molar-refractivity contribution in [2.75, 3.05) is 66.0 Å². The van der Waals surface area contributed by atoms with Crippen LogP contribution in [0, 0.1) is 11.3 Å². The van der Waals surface area contributed by atoms with Gasteiger partial charge < -0.3 is 39.0 Å². The summed E-state index contributed by atoms with van der Waals surface area (Å²) < 4.78 is 24.2. The number of nitrogens with one attached hydrogen (secondary N) is 1. The predicted molar refractivity (Wildman–Crippen MR) is 256 cm³/mol. The van der Waals surface area contributed by atoms with Gasteiger partial charge in [0.05, 0.1) is 38.0 Å². The number of carbonyl (C=O) groups is 3. The van der Waals surface area contributed by atoms with Crippen LogP contribution in [0.5, 0.6) is 5.75 Å². The predicted octanol–water partition coefficient (Wildman–Crippen LogP) is 6.80. The Balaban J connectivity index is 1.26. The Labute approximate surface area is 401 Å². The molecule has 15 heteroatoms. The number of aliphatic hydroxyl groups is 2. The Bertz CT molecular complexity index is 2710. The van der Waals surface area contributed by atoms with Crippen molar-refractivity contribution in [2.45, 2.75) is 109 Å². The SMILES string of the molecule is CC[C@]1(O)C[C@H]2CN(CCc3c([nH]c4ccc(Sc5ccccc5Cl)cc34)[C@@](C(=O)OC)(c3cc4c(cc3OC)N(C)C3[C@]45CCN4CC=C[C@@](CC)([C@@H](OC(C)=O)[C@]3(O)C(=O)OC)[C@H]45)C2)C1. The highest BCUT2D eigenvalue weighted by Crippen LogP contribution is 2.68. The second-order valence-electron chi connectivity index (χ2n) is 19.9. The summed E-state index contributed by atoms with van der Waals surface area (Å²) in [7, 11) is 6.15. The number of fused-ring (bicyclic) bond motifs is 6. The number of anilines is 1. The van der Waals surface area contributed by atoms with Crippen molar-refractivity contribution in [3.05, 3.63) is 94.2 Å². The van der Waals surface area contributed by atoms with Gasteiger partial charge in [-0.3, -0.25) is 19.4 Å². The molecule has 10 atom stereocenters. The van der Waals surface area contributed by atoms with Crippen molar-refractivity contribution in [2.24, 2.45) is 11.3 Å². The monoisotopic (exact) mass is 952 g/mol. The van der Waals surface area contributed by atoms with Crippen molar-refractivity contribution in [3.63, 3.8) is 0 Å². The average Bonchev–Trinajstić information content (AvgIpc) is 3.98. The van der Waals surface area contributed by atoms with Crippen molar-refractivity contribution in [1.29, 1.82) is 0 Å². The number of aromatic amines is 1. The number of hydrogen-bond acceptors (Lipinski definition) is 13. The molecule has 1 aliphatic carbocycles. The summed E-state index contributed by atoms with van der Waals surface area (Å²) in [6, 6.07) is 16.8. The van der Waals surface area contributed by atoms with E-state index >= 15 is 4.79 Å². The number of benzene rings is 3. The summed E-state index contributed by atoms with van der Waals surface area (Å²) >= 11 is 8.25. The number of esters is 3. The van der Waals surface area contributed by atoms with Crippen LogP contribution in [0.2, 0.25) is 5.02 Å². The van der Waals surface area contributed by atoms with E-state index in [1.54, 1.807) is 18.9 Å². The number of hydrogen-bond donors (Lipinski definition) is 3. The van der Waals surface area contributed by atoms with Crippen LogP contribution in [0.4, 0.5) is 5.69 Å². The fourth-order valence-electron chi connectivity index (χ4n) is 14.3. The van der Waals surface area contributed by atoms with E-state index in [-0.39, 0.29) is 12.0 Å². The van der Waals surface area contributed by atoms with Crippen LogP contribution in [0.3, 0.4) is 0 Å². The molecule has 10 rings (SSSR count). The molecule has 67 heavy (non-hydrogen) atoms. The van der Waals surface area contributed by atoms with Crippen LogP contribution in [0.25, 0.3) is 10.9 Å². The number of rotatable bonds is 9. The molecule has 0 radical (unpaired) electrons. The van der Waals surface area contributed by atoms with Gasteiger partial charge >= 0.3 is 17.9 Å². The zero-order chi connectivity index (χ0) is 47.4. The quantitative estimate of drug-likeness (QED) is 0.0918. The molecule has 2 saturated heterocycles. The van der Waals surface area contributed by atoms with E-state index in [9.17, 15) is 19.8 Å². The Hall–Kier alpha value is -4.57. The van der Waals surface area contributed by atoms with E-state index in [4.69, 9.17) is 30.5 Å². The van der Waals surface area contributed by atoms with Crippen molar-refractivity contribution >= 4 is 57.9 Å². The lowest BCUT2D eigenvalue weighted by atomic mass is 9.47. The second kappa shape index (κ2) is 16.5. The second-order valence-corrected chi connectivity index (χ2v) is 21.4. The minimum absolute atomic E-state index is 0.144. The van der Waals surface area contributed by atoms with E-state index in [0.717, 1.165) is 37.5 Å². The number of halogens is 1. The maximum atomic E-state index is 15.6. The summed E-state index contributed by atoms with van der Waals surface area (Å²) in [6.45, 7) is 8.47. The Morgan fingerprint density at radius 1 is 0.940 bits per heavy atom. The summed E-state index contributed by atoms with van der Waals surface area (Å²) in [5.74, 6) is -1.68. The maximum absolute atomic E-state index is 15.6. The minimum atomic E-state index is -2.33. The largest absolute Gasteiger partial charge is 0.496 e. The highest BCUT2D eigenvalue weighted by Gasteiger charge is 2.80. The third-order valence-electron chi connectivity index (χ3n) is 16.7. The molecular weight excluding hydrogens is 892 g/mol. The molecule has 3 aromatic carbocycles. The highest BCUT2D eigenvalue weighted by atomic mass is 35.5. The van der Waals surface area contributed by atoms with Gasteiger partial charge in [-0.25, -0.2) is 4.79 Å². The topological polar surface area (TPSA) is 154 Å². The van der Waals surface area contributed by atoms with E-state index in [0.29, 0.717) is 93.3 Å². The molecule has 0 amide bonds. The molecule has 2 unspecified atom stereocenters. The van der Waals surface area contributed by atoms with Crippen LogP contribution in [0.1, 0.15) is 75.3 Å². The standard InChI is InChI=1S/C52H61ClN4O9S/c1-8-48(61)26-31-27-51(46(59)64-6,42-33(17-21-56(28-31)29-48)34-23-32(15-16-38(34)54-42)67-41-14-11-10-13-37(41)53)36-24-35-39(25-40(36)63-5)55(4)44-50(35)19-22-57-20-12-18-49(9-2,43(50)57)45(66-30(3)58)52(44,62)47(60)65-7/h10-16,18,23-25,31,43-45,54,61-62H,8-9,17,19-22,26-29H2,1-7H3/t31-,43+,44?,45-,48+,49-,50-,51+,52+/m1/s1. The summed E-state index contributed by atoms with van der Waals surface area (Å²) in [5, 5.41) is 27.2. The van der Waals surface area contributed by atoms with Crippen molar-refractivity contribution < 1.29 is 43.5 Å². The molecule has 13 nitrogen and oxygen atoms in total. The molecule has 6 aliphatic rings. The summed E-state index contributed by atoms with van der Waals surface area (Å²) in [4.78, 5) is 55.7. The van der Waals surface area contributed by atoms with Gasteiger partial charge in [0.1, 0.15) is 11.2 Å². The van der Waals surface area contributed by atoms with Gasteiger partial charge in [-0.15, -0.1) is 0 Å². The molecule has 6 heterocycles. The van der Waals surface area contributed by atoms with Gasteiger partial charge in [-0.1, -0.05) is 61.5 Å². The zero-order valence-electron chi connectivity index (χ0n) is 39.3. The lowest BCUT2D eigenvalue weighted by Crippen LogP contribution is -2.81. The third kappa shape index (κ3) is 6.52. The molecule has 3 fully saturated rings. The van der Waals surface area contributed by atoms with Gasteiger partial charge in [0.2, 0.25) is 5.60 Å². The molecule has 356 valence electrons. The molecule has 3 N–H and O–H groups in total. The fourth-order valence-corrected chi connectivity index (χ4v) is 15.4. The highest BCUT2D eigenvalue weighted by molar-refractivity contribution is 7.99. The van der Waals surface area contributed by atoms with Gasteiger partial charge in [0.15, 0.2) is 6.10 Å². The molecule has 2 bridgehead atoms. The third-order valence-corrected chi connectivity index (χ3v) is 18.2. The van der Waals surface area contributed by atoms with Crippen LogP contribution in [-0.2, 0) is 45.8 Å². The van der Waals surface area contributed by atoms with Crippen LogP contribution < -0.4 is 9.64 Å². The number of carbonyl (C=O) groups excluding carboxylic acids is 3. The number of ether oxygens (including phenoxy) is 4. The lowest BCUT2D eigenvalue weighted by molar-refractivity contribution is -0.228. The van der Waals surface area contributed by atoms with Crippen LogP contribution in [-0.4, -0.2) is 133 Å². The maximum Gasteiger partial charge on any atom is 0.344 e. The summed E-state index contributed by atoms with van der Waals surface area (Å²) in [6.07, 6.45) is 5.73. The zero-order valence-corrected chi connectivity index (χ0v) is 40.9. The molecule has 5 aliphatic heterocycles. The van der Waals surface area contributed by atoms with Crippen molar-refractivity contribution in [3.8, 4) is 5.75 Å². The van der Waals surface area contributed by atoms with E-state index in [1.807, 2.05) is 62.2 Å². The van der Waals surface area contributed by atoms with E-state index in [1.165, 1.54) is 21.1 Å². The number of nitrogens with zero attached hydrogens (tertiary/aromatic N) is 3. The lowest BCUT2D eigenvalue weighted by Gasteiger charge is -2.63. The van der Waals surface area contributed by atoms with Crippen LogP contribution >= 0.6 is 23.4 Å². The normalized spacial score (nSPS) is 33.9. The Morgan fingerprint density at radius 2 is 1.72 bits per heavy atom. The molecular formula is C52H61ClN4O9S. The van der Waals surface area contributed by atoms with Crippen molar-refractivity contribution in [1.82, 2.24) is 14.8 Å². The molecule has 1 aromatic heterocycles. The van der Waals surface area contributed by atoms with E-state index in [2.05, 4.69) is 45.1 Å². The number of likely N-dealkylation sites (N-methyl/N-ethyl adjacent to an activating group) is 1. The van der Waals surface area contributed by atoms with E-state index < -0.39 is 57.5 Å². The fraction of sp³-hybridized carbons (Fsp3) is 0.519. The molecule has 4 aromatic rings. The Kier molecular flexibility index (Phi) is 11.4. The van der Waals surface area contributed by atoms with Gasteiger partial charge in [0, 0.05) is 101 Å². The smallest absolute Gasteiger partial charge is 0.344 e. The molecule has 1 spiro atoms. The van der Waals surface area contributed by atoms with Gasteiger partial charge in [0.25, 0.3) is 0 Å². The first-order valence-electron chi connectivity index (χ1n) is 23.5. The molecule has 1 saturated carbocycles. The number of methoxy groups -OCH3 is 3. The first-order chi connectivity index (χ1) is 32.1. The van der Waals surface area contributed by atoms with Crippen LogP contribution in [0.15, 0.2) is 76.5 Å². The number of aromatic nitrogens is 1. The first kappa shape index (κ1) is 46.2. The average molecular weight is 954 g/mol.